The molecule has 6 heteroatoms. The van der Waals surface area contributed by atoms with E-state index in [1.165, 1.54) is 12.1 Å². The lowest BCUT2D eigenvalue weighted by molar-refractivity contribution is -0.139. The molecule has 2 unspecified atom stereocenters. The Balaban J connectivity index is 3.05. The molecule has 0 saturated heterocycles. The van der Waals surface area contributed by atoms with Crippen molar-refractivity contribution in [2.75, 3.05) is 5.88 Å². The van der Waals surface area contributed by atoms with E-state index in [0.29, 0.717) is 0 Å². The Morgan fingerprint density at radius 3 is 2.29 bits per heavy atom. The Labute approximate surface area is 102 Å². The van der Waals surface area contributed by atoms with Crippen molar-refractivity contribution in [2.45, 2.75) is 24.8 Å². The summed E-state index contributed by atoms with van der Waals surface area (Å²) >= 11 is 5.36. The molecular formula is C11H12ClF3O2. The van der Waals surface area contributed by atoms with Gasteiger partial charge in [-0.05, 0) is 18.1 Å². The molecule has 2 N–H and O–H groups in total. The van der Waals surface area contributed by atoms with Gasteiger partial charge in [-0.15, -0.1) is 11.6 Å². The van der Waals surface area contributed by atoms with Crippen molar-refractivity contribution in [1.29, 1.82) is 0 Å². The van der Waals surface area contributed by atoms with E-state index >= 15 is 0 Å². The van der Waals surface area contributed by atoms with Crippen molar-refractivity contribution in [3.8, 4) is 0 Å². The summed E-state index contributed by atoms with van der Waals surface area (Å²) in [5, 5.41) is 19.1. The summed E-state index contributed by atoms with van der Waals surface area (Å²) in [6, 6.07) is 4.62. The predicted molar refractivity (Wildman–Crippen MR) is 57.7 cm³/mol. The van der Waals surface area contributed by atoms with Crippen LogP contribution >= 0.6 is 11.6 Å². The van der Waals surface area contributed by atoms with E-state index < -0.39 is 23.9 Å². The van der Waals surface area contributed by atoms with Crippen molar-refractivity contribution in [2.24, 2.45) is 0 Å². The summed E-state index contributed by atoms with van der Waals surface area (Å²) in [5.41, 5.74) is -1.28. The average molecular weight is 269 g/mol. The molecule has 0 saturated carbocycles. The molecule has 0 aliphatic carbocycles. The minimum Gasteiger partial charge on any atom is -0.390 e. The number of rotatable bonds is 4. The number of aliphatic hydroxyl groups excluding tert-OH is 2. The summed E-state index contributed by atoms with van der Waals surface area (Å²) in [6.07, 6.45) is -7.43. The fraction of sp³-hybridized carbons (Fsp3) is 0.455. The third kappa shape index (κ3) is 3.59. The highest BCUT2D eigenvalue weighted by atomic mass is 35.5. The Kier molecular flexibility index (Phi) is 4.80. The van der Waals surface area contributed by atoms with Crippen molar-refractivity contribution in [3.05, 3.63) is 35.4 Å². The summed E-state index contributed by atoms with van der Waals surface area (Å²) in [6.45, 7) is 0. The second kappa shape index (κ2) is 5.71. The molecule has 0 amide bonds. The Morgan fingerprint density at radius 1 is 1.18 bits per heavy atom. The highest BCUT2D eigenvalue weighted by Crippen LogP contribution is 2.35. The lowest BCUT2D eigenvalue weighted by Crippen LogP contribution is -2.22. The smallest absolute Gasteiger partial charge is 0.390 e. The normalized spacial score (nSPS) is 15.6. The van der Waals surface area contributed by atoms with Crippen LogP contribution in [-0.4, -0.2) is 22.2 Å². The van der Waals surface area contributed by atoms with E-state index in [9.17, 15) is 23.4 Å². The molecule has 0 aliphatic heterocycles. The lowest BCUT2D eigenvalue weighted by atomic mass is 9.97. The number of aliphatic hydroxyl groups is 2. The number of hydrogen-bond acceptors (Lipinski definition) is 2. The number of alkyl halides is 4. The SMILES string of the molecule is OC(CCCl)C(O)c1ccccc1C(F)(F)F. The molecule has 2 nitrogen and oxygen atoms in total. The molecule has 0 radical (unpaired) electrons. The van der Waals surface area contributed by atoms with Gasteiger partial charge in [0.15, 0.2) is 0 Å². The fourth-order valence-electron chi connectivity index (χ4n) is 1.49. The van der Waals surface area contributed by atoms with Crippen LogP contribution in [0.1, 0.15) is 23.7 Å². The van der Waals surface area contributed by atoms with Crippen LogP contribution in [0.4, 0.5) is 13.2 Å². The van der Waals surface area contributed by atoms with Gasteiger partial charge in [0.2, 0.25) is 0 Å². The van der Waals surface area contributed by atoms with Gasteiger partial charge >= 0.3 is 6.18 Å². The van der Waals surface area contributed by atoms with Crippen molar-refractivity contribution < 1.29 is 23.4 Å². The van der Waals surface area contributed by atoms with E-state index in [4.69, 9.17) is 11.6 Å². The van der Waals surface area contributed by atoms with E-state index in [1.807, 2.05) is 0 Å². The summed E-state index contributed by atoms with van der Waals surface area (Å²) < 4.78 is 37.9. The second-order valence-electron chi connectivity index (χ2n) is 3.57. The van der Waals surface area contributed by atoms with Gasteiger partial charge in [-0.2, -0.15) is 13.2 Å². The molecule has 1 aromatic carbocycles. The predicted octanol–water partition coefficient (Wildman–Crippen LogP) is 2.73. The molecular weight excluding hydrogens is 257 g/mol. The zero-order valence-corrected chi connectivity index (χ0v) is 9.54. The topological polar surface area (TPSA) is 40.5 Å². The highest BCUT2D eigenvalue weighted by molar-refractivity contribution is 6.17. The van der Waals surface area contributed by atoms with E-state index in [-0.39, 0.29) is 17.9 Å². The first kappa shape index (κ1) is 14.3. The summed E-state index contributed by atoms with van der Waals surface area (Å²) in [7, 11) is 0. The van der Waals surface area contributed by atoms with E-state index in [2.05, 4.69) is 0 Å². The molecule has 2 atom stereocenters. The number of benzene rings is 1. The van der Waals surface area contributed by atoms with Crippen LogP contribution in [0.5, 0.6) is 0 Å². The molecule has 0 aliphatic rings. The average Bonchev–Trinajstić information content (AvgIpc) is 2.27. The van der Waals surface area contributed by atoms with Crippen LogP contribution in [0.15, 0.2) is 24.3 Å². The molecule has 0 fully saturated rings. The van der Waals surface area contributed by atoms with Gasteiger partial charge in [0.1, 0.15) is 6.10 Å². The van der Waals surface area contributed by atoms with Crippen LogP contribution in [0.2, 0.25) is 0 Å². The first-order chi connectivity index (χ1) is 7.88. The standard InChI is InChI=1S/C11H12ClF3O2/c12-6-5-9(16)10(17)7-3-1-2-4-8(7)11(13,14)15/h1-4,9-10,16-17H,5-6H2. The zero-order valence-electron chi connectivity index (χ0n) is 8.78. The van der Waals surface area contributed by atoms with Gasteiger partial charge in [-0.3, -0.25) is 0 Å². The van der Waals surface area contributed by atoms with Crippen LogP contribution < -0.4 is 0 Å². The van der Waals surface area contributed by atoms with Gasteiger partial charge in [0, 0.05) is 5.88 Å². The molecule has 0 bridgehead atoms. The molecule has 0 aromatic heterocycles. The molecule has 0 spiro atoms. The van der Waals surface area contributed by atoms with Gasteiger partial charge < -0.3 is 10.2 Å². The highest BCUT2D eigenvalue weighted by Gasteiger charge is 2.35. The minimum absolute atomic E-state index is 0.0227. The summed E-state index contributed by atoms with van der Waals surface area (Å²) in [4.78, 5) is 0. The zero-order chi connectivity index (χ0) is 13.1. The Hall–Kier alpha value is -0.780. The van der Waals surface area contributed by atoms with Crippen LogP contribution in [0.3, 0.4) is 0 Å². The van der Waals surface area contributed by atoms with Gasteiger partial charge in [0.05, 0.1) is 11.7 Å². The van der Waals surface area contributed by atoms with E-state index in [0.717, 1.165) is 12.1 Å². The van der Waals surface area contributed by atoms with Gasteiger partial charge in [-0.25, -0.2) is 0 Å². The lowest BCUT2D eigenvalue weighted by Gasteiger charge is -2.21. The van der Waals surface area contributed by atoms with Crippen LogP contribution in [0, 0.1) is 0 Å². The maximum Gasteiger partial charge on any atom is 0.416 e. The fourth-order valence-corrected chi connectivity index (χ4v) is 1.71. The third-order valence-electron chi connectivity index (χ3n) is 2.35. The second-order valence-corrected chi connectivity index (χ2v) is 3.95. The minimum atomic E-state index is -4.56. The van der Waals surface area contributed by atoms with Gasteiger partial charge in [0.25, 0.3) is 0 Å². The number of halogens is 4. The molecule has 0 heterocycles. The van der Waals surface area contributed by atoms with E-state index in [1.54, 1.807) is 0 Å². The maximum atomic E-state index is 12.6. The monoisotopic (exact) mass is 268 g/mol. The Bertz CT molecular complexity index is 368. The largest absolute Gasteiger partial charge is 0.416 e. The number of hydrogen-bond donors (Lipinski definition) is 2. The maximum absolute atomic E-state index is 12.6. The van der Waals surface area contributed by atoms with Crippen LogP contribution in [-0.2, 0) is 6.18 Å². The van der Waals surface area contributed by atoms with Crippen molar-refractivity contribution >= 4 is 11.6 Å². The molecule has 1 rings (SSSR count). The molecule has 17 heavy (non-hydrogen) atoms. The van der Waals surface area contributed by atoms with Crippen molar-refractivity contribution in [1.82, 2.24) is 0 Å². The van der Waals surface area contributed by atoms with Crippen LogP contribution in [0.25, 0.3) is 0 Å². The first-order valence-corrected chi connectivity index (χ1v) is 5.49. The molecule has 1 aromatic rings. The van der Waals surface area contributed by atoms with Crippen molar-refractivity contribution in [3.63, 3.8) is 0 Å². The summed E-state index contributed by atoms with van der Waals surface area (Å²) in [5.74, 6) is 0.0619. The Morgan fingerprint density at radius 2 is 1.76 bits per heavy atom. The first-order valence-electron chi connectivity index (χ1n) is 4.96. The van der Waals surface area contributed by atoms with Gasteiger partial charge in [-0.1, -0.05) is 18.2 Å². The molecule has 96 valence electrons. The quantitative estimate of drug-likeness (QED) is 0.825. The third-order valence-corrected chi connectivity index (χ3v) is 2.57.